The SMILES string of the molecule is C1=CC/C=C\C/C=C\1. The van der Waals surface area contributed by atoms with Crippen molar-refractivity contribution in [2.75, 3.05) is 0 Å². The van der Waals surface area contributed by atoms with E-state index in [1.54, 1.807) is 0 Å². The van der Waals surface area contributed by atoms with Crippen LogP contribution in [0, 0.1) is 0 Å². The molecule has 0 heterocycles. The summed E-state index contributed by atoms with van der Waals surface area (Å²) < 4.78 is 0. The van der Waals surface area contributed by atoms with Crippen molar-refractivity contribution in [2.24, 2.45) is 0 Å². The highest BCUT2D eigenvalue weighted by Crippen LogP contribution is 1.95. The highest BCUT2D eigenvalue weighted by molar-refractivity contribution is 5.09. The van der Waals surface area contributed by atoms with Gasteiger partial charge in [0.15, 0.2) is 0 Å². The van der Waals surface area contributed by atoms with Gasteiger partial charge in [-0.2, -0.15) is 0 Å². The van der Waals surface area contributed by atoms with E-state index in [1.807, 2.05) is 0 Å². The summed E-state index contributed by atoms with van der Waals surface area (Å²) in [7, 11) is 0. The van der Waals surface area contributed by atoms with Gasteiger partial charge in [-0.15, -0.1) is 0 Å². The van der Waals surface area contributed by atoms with Crippen LogP contribution in [0.15, 0.2) is 36.5 Å². The highest BCUT2D eigenvalue weighted by atomic mass is 13.8. The topological polar surface area (TPSA) is 0 Å². The number of hydrogen-bond acceptors (Lipinski definition) is 0. The quantitative estimate of drug-likeness (QED) is 0.416. The monoisotopic (exact) mass is 106 g/mol. The normalized spacial score (nSPS) is 26.0. The van der Waals surface area contributed by atoms with Crippen molar-refractivity contribution in [1.82, 2.24) is 0 Å². The van der Waals surface area contributed by atoms with Gasteiger partial charge in [0.05, 0.1) is 0 Å². The second-order valence-electron chi connectivity index (χ2n) is 1.80. The molecule has 42 valence electrons. The zero-order valence-corrected chi connectivity index (χ0v) is 4.88. The van der Waals surface area contributed by atoms with Crippen molar-refractivity contribution in [2.45, 2.75) is 12.8 Å². The van der Waals surface area contributed by atoms with Crippen LogP contribution in [0.2, 0.25) is 0 Å². The Hall–Kier alpha value is -0.780. The summed E-state index contributed by atoms with van der Waals surface area (Å²) in [6.07, 6.45) is 15.0. The highest BCUT2D eigenvalue weighted by Gasteiger charge is 1.74. The molecule has 0 saturated heterocycles. The summed E-state index contributed by atoms with van der Waals surface area (Å²) in [5, 5.41) is 0. The van der Waals surface area contributed by atoms with Gasteiger partial charge in [-0.05, 0) is 12.8 Å². The van der Waals surface area contributed by atoms with Gasteiger partial charge in [-0.3, -0.25) is 0 Å². The zero-order valence-electron chi connectivity index (χ0n) is 4.88. The number of hydrogen-bond donors (Lipinski definition) is 0. The molecule has 1 aliphatic rings. The summed E-state index contributed by atoms with van der Waals surface area (Å²) in [5.74, 6) is 0. The van der Waals surface area contributed by atoms with Crippen molar-refractivity contribution >= 4 is 0 Å². The van der Waals surface area contributed by atoms with Gasteiger partial charge in [0.2, 0.25) is 0 Å². The zero-order chi connectivity index (χ0) is 5.66. The van der Waals surface area contributed by atoms with Gasteiger partial charge < -0.3 is 0 Å². The standard InChI is InChI=1S/C8H10/c1-2-4-6-8-7-5-3-1/h1-4,7-8H,5-6H2/b3-1-,4-2?,8-7-. The average Bonchev–Trinajstić information content (AvgIpc) is 1.62. The third kappa shape index (κ3) is 1.78. The van der Waals surface area contributed by atoms with Crippen molar-refractivity contribution < 1.29 is 0 Å². The molecule has 0 fully saturated rings. The first-order chi connectivity index (χ1) is 4.00. The molecular formula is C8H10. The minimum Gasteiger partial charge on any atom is -0.0844 e. The van der Waals surface area contributed by atoms with Crippen molar-refractivity contribution in [3.05, 3.63) is 36.5 Å². The fourth-order valence-electron chi connectivity index (χ4n) is 0.664. The molecule has 0 aromatic rings. The van der Waals surface area contributed by atoms with E-state index in [0.29, 0.717) is 0 Å². The van der Waals surface area contributed by atoms with Crippen LogP contribution in [-0.4, -0.2) is 0 Å². The predicted octanol–water partition coefficient (Wildman–Crippen LogP) is 2.45. The number of rotatable bonds is 0. The molecule has 0 N–H and O–H groups in total. The van der Waals surface area contributed by atoms with E-state index in [-0.39, 0.29) is 0 Å². The van der Waals surface area contributed by atoms with Crippen LogP contribution in [0.3, 0.4) is 0 Å². The summed E-state index contributed by atoms with van der Waals surface area (Å²) in [4.78, 5) is 0. The fourth-order valence-corrected chi connectivity index (χ4v) is 0.664. The van der Waals surface area contributed by atoms with E-state index >= 15 is 0 Å². The molecule has 1 rings (SSSR count). The molecule has 0 unspecified atom stereocenters. The van der Waals surface area contributed by atoms with E-state index < -0.39 is 0 Å². The lowest BCUT2D eigenvalue weighted by Gasteiger charge is -1.85. The Kier molecular flexibility index (Phi) is 2.18. The van der Waals surface area contributed by atoms with Crippen LogP contribution in [0.4, 0.5) is 0 Å². The third-order valence-corrected chi connectivity index (χ3v) is 1.09. The molecule has 8 heavy (non-hydrogen) atoms. The van der Waals surface area contributed by atoms with Crippen LogP contribution in [-0.2, 0) is 0 Å². The van der Waals surface area contributed by atoms with Gasteiger partial charge in [0.25, 0.3) is 0 Å². The Labute approximate surface area is 50.2 Å². The van der Waals surface area contributed by atoms with Crippen LogP contribution < -0.4 is 0 Å². The maximum atomic E-state index is 2.18. The van der Waals surface area contributed by atoms with Crippen molar-refractivity contribution in [1.29, 1.82) is 0 Å². The Morgan fingerprint density at radius 3 is 1.62 bits per heavy atom. The second-order valence-corrected chi connectivity index (χ2v) is 1.80. The van der Waals surface area contributed by atoms with Crippen molar-refractivity contribution in [3.63, 3.8) is 0 Å². The maximum absolute atomic E-state index is 2.18. The molecule has 1 aliphatic carbocycles. The first-order valence-corrected chi connectivity index (χ1v) is 2.97. The van der Waals surface area contributed by atoms with Crippen molar-refractivity contribution in [3.8, 4) is 0 Å². The Morgan fingerprint density at radius 1 is 0.625 bits per heavy atom. The minimum atomic E-state index is 1.09. The van der Waals surface area contributed by atoms with E-state index in [9.17, 15) is 0 Å². The summed E-state index contributed by atoms with van der Waals surface area (Å²) in [6.45, 7) is 0. The second kappa shape index (κ2) is 3.25. The van der Waals surface area contributed by atoms with E-state index in [4.69, 9.17) is 0 Å². The van der Waals surface area contributed by atoms with Crippen LogP contribution in [0.1, 0.15) is 12.8 Å². The first kappa shape index (κ1) is 5.36. The summed E-state index contributed by atoms with van der Waals surface area (Å²) >= 11 is 0. The van der Waals surface area contributed by atoms with Crippen LogP contribution >= 0.6 is 0 Å². The molecule has 0 nitrogen and oxygen atoms in total. The average molecular weight is 106 g/mol. The Morgan fingerprint density at radius 2 is 1.12 bits per heavy atom. The lowest BCUT2D eigenvalue weighted by atomic mass is 10.2. The van der Waals surface area contributed by atoms with E-state index in [2.05, 4.69) is 36.5 Å². The van der Waals surface area contributed by atoms with Gasteiger partial charge in [-0.1, -0.05) is 36.5 Å². The lowest BCUT2D eigenvalue weighted by Crippen LogP contribution is -1.64. The van der Waals surface area contributed by atoms with Gasteiger partial charge in [0, 0.05) is 0 Å². The Bertz CT molecular complexity index is 111. The molecule has 0 spiro atoms. The van der Waals surface area contributed by atoms with Gasteiger partial charge in [-0.25, -0.2) is 0 Å². The summed E-state index contributed by atoms with van der Waals surface area (Å²) in [6, 6.07) is 0. The lowest BCUT2D eigenvalue weighted by molar-refractivity contribution is 1.29. The molecule has 0 aliphatic heterocycles. The summed E-state index contributed by atoms with van der Waals surface area (Å²) in [5.41, 5.74) is 0. The Balaban J connectivity index is 2.51. The molecule has 0 amide bonds. The largest absolute Gasteiger partial charge is 0.0844 e. The first-order valence-electron chi connectivity index (χ1n) is 2.97. The molecular weight excluding hydrogens is 96.1 g/mol. The predicted molar refractivity (Wildman–Crippen MR) is 36.7 cm³/mol. The van der Waals surface area contributed by atoms with Crippen LogP contribution in [0.5, 0.6) is 0 Å². The molecule has 0 radical (unpaired) electrons. The molecule has 0 saturated carbocycles. The van der Waals surface area contributed by atoms with E-state index in [1.165, 1.54) is 0 Å². The molecule has 0 heteroatoms. The van der Waals surface area contributed by atoms with Gasteiger partial charge >= 0.3 is 0 Å². The van der Waals surface area contributed by atoms with Crippen LogP contribution in [0.25, 0.3) is 0 Å². The number of allylic oxidation sites excluding steroid dienone is 6. The molecule has 0 atom stereocenters. The molecule has 0 aromatic carbocycles. The third-order valence-electron chi connectivity index (χ3n) is 1.09. The maximum Gasteiger partial charge on any atom is -0.0166 e. The minimum absolute atomic E-state index is 1.09. The molecule has 0 aromatic heterocycles. The van der Waals surface area contributed by atoms with E-state index in [0.717, 1.165) is 12.8 Å². The fraction of sp³-hybridized carbons (Fsp3) is 0.250. The van der Waals surface area contributed by atoms with Gasteiger partial charge in [0.1, 0.15) is 0 Å². The molecule has 0 bridgehead atoms. The smallest absolute Gasteiger partial charge is 0.0166 e.